The van der Waals surface area contributed by atoms with Gasteiger partial charge in [0.15, 0.2) is 0 Å². The number of benzene rings is 1. The minimum atomic E-state index is -0.591. The number of amides is 2. The van der Waals surface area contributed by atoms with E-state index in [1.54, 1.807) is 11.2 Å². The van der Waals surface area contributed by atoms with Gasteiger partial charge in [-0.15, -0.1) is 0 Å². The number of carbonyl (C=O) groups is 2. The number of piperazine rings is 1. The minimum Gasteiger partial charge on any atom is -0.445 e. The maximum atomic E-state index is 12.5. The Morgan fingerprint density at radius 3 is 2.22 bits per heavy atom. The van der Waals surface area contributed by atoms with Gasteiger partial charge in [0.2, 0.25) is 5.91 Å². The monoisotopic (exact) mass is 438 g/mol. The molecule has 32 heavy (non-hydrogen) atoms. The van der Waals surface area contributed by atoms with Gasteiger partial charge < -0.3 is 24.8 Å². The molecule has 2 aliphatic rings. The molecule has 170 valence electrons. The van der Waals surface area contributed by atoms with Crippen molar-refractivity contribution in [2.45, 2.75) is 25.9 Å². The zero-order valence-corrected chi connectivity index (χ0v) is 18.3. The van der Waals surface area contributed by atoms with Crippen molar-refractivity contribution in [1.82, 2.24) is 20.2 Å². The van der Waals surface area contributed by atoms with E-state index in [9.17, 15) is 9.59 Å². The van der Waals surface area contributed by atoms with Gasteiger partial charge in [0, 0.05) is 45.3 Å². The summed E-state index contributed by atoms with van der Waals surface area (Å²) in [5, 5.41) is 2.54. The summed E-state index contributed by atoms with van der Waals surface area (Å²) in [6.07, 6.45) is 4.72. The number of alkyl carbamates (subject to hydrolysis) is 1. The van der Waals surface area contributed by atoms with Crippen molar-refractivity contribution in [1.29, 1.82) is 0 Å². The summed E-state index contributed by atoms with van der Waals surface area (Å²) in [5.74, 6) is 1.76. The highest BCUT2D eigenvalue weighted by Gasteiger charge is 2.23. The van der Waals surface area contributed by atoms with E-state index in [4.69, 9.17) is 4.74 Å². The third-order valence-electron chi connectivity index (χ3n) is 5.87. The second-order valence-electron chi connectivity index (χ2n) is 8.07. The largest absolute Gasteiger partial charge is 0.445 e. The standard InChI is InChI=1S/C23H30N6O3/c30-22(16-24-23(31)32-17-19-7-3-1-4-8-19)29-13-11-28(12-14-29)21-15-20(25-18-26-21)27-9-5-2-6-10-27/h1,3-4,7-8,15,18H,2,5-6,9-14,16-17H2,(H,24,31). The Balaban J connectivity index is 1.20. The van der Waals surface area contributed by atoms with E-state index in [0.29, 0.717) is 26.2 Å². The molecule has 0 spiro atoms. The lowest BCUT2D eigenvalue weighted by molar-refractivity contribution is -0.130. The molecule has 0 atom stereocenters. The third-order valence-corrected chi connectivity index (χ3v) is 5.87. The van der Waals surface area contributed by atoms with Gasteiger partial charge in [-0.25, -0.2) is 14.8 Å². The van der Waals surface area contributed by atoms with Crippen molar-refractivity contribution < 1.29 is 14.3 Å². The maximum Gasteiger partial charge on any atom is 0.407 e. The van der Waals surface area contributed by atoms with Crippen LogP contribution in [0.3, 0.4) is 0 Å². The molecule has 1 aromatic carbocycles. The Morgan fingerprint density at radius 1 is 0.875 bits per heavy atom. The summed E-state index contributed by atoms with van der Waals surface area (Å²) in [6, 6.07) is 11.5. The zero-order chi connectivity index (χ0) is 22.2. The summed E-state index contributed by atoms with van der Waals surface area (Å²) in [4.78, 5) is 39.5. The lowest BCUT2D eigenvalue weighted by Crippen LogP contribution is -2.51. The number of anilines is 2. The number of piperidine rings is 1. The Hall–Kier alpha value is -3.36. The number of ether oxygens (including phenoxy) is 1. The van der Waals surface area contributed by atoms with Crippen LogP contribution in [0.4, 0.5) is 16.4 Å². The molecule has 2 amide bonds. The van der Waals surface area contributed by atoms with E-state index >= 15 is 0 Å². The highest BCUT2D eigenvalue weighted by atomic mass is 16.5. The fourth-order valence-corrected chi connectivity index (χ4v) is 4.02. The number of nitrogens with one attached hydrogen (secondary N) is 1. The van der Waals surface area contributed by atoms with E-state index < -0.39 is 6.09 Å². The molecule has 2 saturated heterocycles. The summed E-state index contributed by atoms with van der Waals surface area (Å²) in [6.45, 7) is 4.75. The molecule has 0 aliphatic carbocycles. The van der Waals surface area contributed by atoms with Gasteiger partial charge in [-0.3, -0.25) is 4.79 Å². The smallest absolute Gasteiger partial charge is 0.407 e. The Kier molecular flexibility index (Phi) is 7.37. The molecule has 2 fully saturated rings. The molecule has 0 unspecified atom stereocenters. The molecular weight excluding hydrogens is 408 g/mol. The van der Waals surface area contributed by atoms with Crippen LogP contribution in [0, 0.1) is 0 Å². The van der Waals surface area contributed by atoms with Gasteiger partial charge >= 0.3 is 6.09 Å². The first-order valence-electron chi connectivity index (χ1n) is 11.2. The van der Waals surface area contributed by atoms with E-state index in [-0.39, 0.29) is 19.1 Å². The Bertz CT molecular complexity index is 896. The van der Waals surface area contributed by atoms with Crippen LogP contribution in [-0.4, -0.2) is 72.7 Å². The van der Waals surface area contributed by atoms with Crippen molar-refractivity contribution in [3.8, 4) is 0 Å². The average Bonchev–Trinajstić information content (AvgIpc) is 2.87. The highest BCUT2D eigenvalue weighted by molar-refractivity contribution is 5.82. The van der Waals surface area contributed by atoms with Crippen molar-refractivity contribution in [3.05, 3.63) is 48.3 Å². The lowest BCUT2D eigenvalue weighted by atomic mass is 10.1. The number of hydrogen-bond acceptors (Lipinski definition) is 7. The van der Waals surface area contributed by atoms with E-state index in [1.807, 2.05) is 36.4 Å². The Labute approximate surface area is 188 Å². The number of carbonyl (C=O) groups excluding carboxylic acids is 2. The van der Waals surface area contributed by atoms with Crippen molar-refractivity contribution >= 4 is 23.6 Å². The normalized spacial score (nSPS) is 16.6. The fraction of sp³-hybridized carbons (Fsp3) is 0.478. The van der Waals surface area contributed by atoms with Gasteiger partial charge in [0.25, 0.3) is 0 Å². The molecule has 1 N–H and O–H groups in total. The quantitative estimate of drug-likeness (QED) is 0.738. The lowest BCUT2D eigenvalue weighted by Gasteiger charge is -2.36. The van der Waals surface area contributed by atoms with Gasteiger partial charge in [-0.05, 0) is 24.8 Å². The maximum absolute atomic E-state index is 12.5. The molecule has 9 nitrogen and oxygen atoms in total. The summed E-state index contributed by atoms with van der Waals surface area (Å²) in [7, 11) is 0. The summed E-state index contributed by atoms with van der Waals surface area (Å²) >= 11 is 0. The molecule has 2 aromatic rings. The van der Waals surface area contributed by atoms with E-state index in [2.05, 4.69) is 25.1 Å². The van der Waals surface area contributed by atoms with Gasteiger partial charge in [-0.2, -0.15) is 0 Å². The average molecular weight is 439 g/mol. The predicted molar refractivity (Wildman–Crippen MR) is 122 cm³/mol. The second kappa shape index (κ2) is 10.8. The topological polar surface area (TPSA) is 90.9 Å². The van der Waals surface area contributed by atoms with Gasteiger partial charge in [-0.1, -0.05) is 30.3 Å². The number of rotatable bonds is 6. The van der Waals surface area contributed by atoms with Crippen LogP contribution in [0.15, 0.2) is 42.7 Å². The molecule has 0 bridgehead atoms. The van der Waals surface area contributed by atoms with Crippen molar-refractivity contribution in [3.63, 3.8) is 0 Å². The Morgan fingerprint density at radius 2 is 1.53 bits per heavy atom. The molecule has 1 aromatic heterocycles. The van der Waals surface area contributed by atoms with Crippen LogP contribution < -0.4 is 15.1 Å². The molecule has 0 saturated carbocycles. The van der Waals surface area contributed by atoms with Crippen LogP contribution in [0.5, 0.6) is 0 Å². The first-order valence-corrected chi connectivity index (χ1v) is 11.2. The molecule has 9 heteroatoms. The van der Waals surface area contributed by atoms with Crippen LogP contribution in [0.1, 0.15) is 24.8 Å². The predicted octanol–water partition coefficient (Wildman–Crippen LogP) is 2.04. The van der Waals surface area contributed by atoms with Crippen LogP contribution in [0.25, 0.3) is 0 Å². The van der Waals surface area contributed by atoms with Crippen LogP contribution in [-0.2, 0) is 16.1 Å². The SMILES string of the molecule is O=C(NCC(=O)N1CCN(c2cc(N3CCCCC3)ncn2)CC1)OCc1ccccc1. The van der Waals surface area contributed by atoms with Crippen molar-refractivity contribution in [2.75, 3.05) is 55.6 Å². The first kappa shape index (κ1) is 21.9. The van der Waals surface area contributed by atoms with E-state index in [1.165, 1.54) is 19.3 Å². The third kappa shape index (κ3) is 5.87. The number of aromatic nitrogens is 2. The summed E-state index contributed by atoms with van der Waals surface area (Å²) < 4.78 is 5.15. The van der Waals surface area contributed by atoms with Crippen LogP contribution >= 0.6 is 0 Å². The van der Waals surface area contributed by atoms with Gasteiger partial charge in [0.05, 0.1) is 0 Å². The molecular formula is C23H30N6O3. The second-order valence-corrected chi connectivity index (χ2v) is 8.07. The molecule has 2 aliphatic heterocycles. The molecule has 0 radical (unpaired) electrons. The number of nitrogens with zero attached hydrogens (tertiary/aromatic N) is 5. The molecule has 4 rings (SSSR count). The fourth-order valence-electron chi connectivity index (χ4n) is 4.02. The summed E-state index contributed by atoms with van der Waals surface area (Å²) in [5.41, 5.74) is 0.901. The first-order chi connectivity index (χ1) is 15.7. The zero-order valence-electron chi connectivity index (χ0n) is 18.3. The van der Waals surface area contributed by atoms with Crippen molar-refractivity contribution in [2.24, 2.45) is 0 Å². The highest BCUT2D eigenvalue weighted by Crippen LogP contribution is 2.22. The van der Waals surface area contributed by atoms with Gasteiger partial charge in [0.1, 0.15) is 31.1 Å². The minimum absolute atomic E-state index is 0.0692. The number of hydrogen-bond donors (Lipinski definition) is 1. The van der Waals surface area contributed by atoms with Crippen LogP contribution in [0.2, 0.25) is 0 Å². The molecule has 3 heterocycles. The van der Waals surface area contributed by atoms with E-state index in [0.717, 1.165) is 30.3 Å².